The Morgan fingerprint density at radius 2 is 1.71 bits per heavy atom. The lowest BCUT2D eigenvalue weighted by Gasteiger charge is -2.36. The van der Waals surface area contributed by atoms with Crippen LogP contribution in [-0.4, -0.2) is 66.2 Å². The topological polar surface area (TPSA) is 57.6 Å². The quantitative estimate of drug-likeness (QED) is 0.211. The number of piperidine rings is 1. The third-order valence-corrected chi connectivity index (χ3v) is 8.80. The predicted octanol–water partition coefficient (Wildman–Crippen LogP) is 6.76. The summed E-state index contributed by atoms with van der Waals surface area (Å²) in [5.74, 6) is -1.19. The molecule has 5 aromatic rings. The molecule has 3 aromatic carbocycles. The molecule has 1 fully saturated rings. The fourth-order valence-electron chi connectivity index (χ4n) is 6.42. The van der Waals surface area contributed by atoms with Crippen LogP contribution in [0.25, 0.3) is 22.0 Å². The highest BCUT2D eigenvalue weighted by atomic mass is 19.1. The normalized spacial score (nSPS) is 15.4. The minimum atomic E-state index is -0.680. The van der Waals surface area contributed by atoms with Crippen LogP contribution in [0.1, 0.15) is 24.2 Å². The van der Waals surface area contributed by atoms with Gasteiger partial charge in [0.1, 0.15) is 23.9 Å². The van der Waals surface area contributed by atoms with Crippen molar-refractivity contribution in [3.8, 4) is 17.0 Å². The summed E-state index contributed by atoms with van der Waals surface area (Å²) in [4.78, 5) is 19.1. The Morgan fingerprint density at radius 3 is 2.51 bits per heavy atom. The van der Waals surface area contributed by atoms with Gasteiger partial charge in [-0.25, -0.2) is 23.1 Å². The molecule has 45 heavy (non-hydrogen) atoms. The SMILES string of the molecule is CN(C)C1CCN(c2ccc(Cc3ncc(F)c(-c4cc(F)c5c(c4)N(c4cccc6cnccc46)CCO5)n3)cc2F)CC1. The van der Waals surface area contributed by atoms with Crippen molar-refractivity contribution in [3.63, 3.8) is 0 Å². The third kappa shape index (κ3) is 5.66. The molecule has 0 saturated carbocycles. The third-order valence-electron chi connectivity index (χ3n) is 8.80. The van der Waals surface area contributed by atoms with E-state index in [0.717, 1.165) is 48.6 Å². The van der Waals surface area contributed by atoms with Crippen LogP contribution in [-0.2, 0) is 6.42 Å². The number of fused-ring (bicyclic) bond motifs is 2. The Bertz CT molecular complexity index is 1870. The molecular formula is C35H33F3N6O. The van der Waals surface area contributed by atoms with E-state index >= 15 is 13.2 Å². The van der Waals surface area contributed by atoms with E-state index in [0.29, 0.717) is 42.0 Å². The number of rotatable bonds is 6. The molecule has 0 radical (unpaired) electrons. The Morgan fingerprint density at radius 1 is 0.867 bits per heavy atom. The Balaban J connectivity index is 1.17. The number of anilines is 3. The second kappa shape index (κ2) is 12.0. The first-order valence-electron chi connectivity index (χ1n) is 15.1. The number of benzene rings is 3. The zero-order valence-electron chi connectivity index (χ0n) is 25.2. The van der Waals surface area contributed by atoms with Gasteiger partial charge in [-0.15, -0.1) is 0 Å². The molecule has 0 unspecified atom stereocenters. The number of hydrogen-bond donors (Lipinski definition) is 0. The van der Waals surface area contributed by atoms with Gasteiger partial charge in [-0.1, -0.05) is 18.2 Å². The second-order valence-corrected chi connectivity index (χ2v) is 11.8. The van der Waals surface area contributed by atoms with E-state index in [1.54, 1.807) is 24.5 Å². The van der Waals surface area contributed by atoms with Crippen molar-refractivity contribution in [2.45, 2.75) is 25.3 Å². The van der Waals surface area contributed by atoms with Gasteiger partial charge >= 0.3 is 0 Å². The monoisotopic (exact) mass is 610 g/mol. The van der Waals surface area contributed by atoms with E-state index in [2.05, 4.69) is 38.8 Å². The van der Waals surface area contributed by atoms with Crippen LogP contribution in [0.5, 0.6) is 5.75 Å². The summed E-state index contributed by atoms with van der Waals surface area (Å²) in [6.45, 7) is 2.35. The van der Waals surface area contributed by atoms with Gasteiger partial charge in [-0.3, -0.25) is 4.98 Å². The van der Waals surface area contributed by atoms with Crippen LogP contribution in [0.15, 0.2) is 73.2 Å². The number of hydrogen-bond acceptors (Lipinski definition) is 7. The van der Waals surface area contributed by atoms with Crippen molar-refractivity contribution in [3.05, 3.63) is 102 Å². The maximum atomic E-state index is 15.5. The van der Waals surface area contributed by atoms with Gasteiger partial charge in [0.2, 0.25) is 0 Å². The smallest absolute Gasteiger partial charge is 0.178 e. The zero-order valence-corrected chi connectivity index (χ0v) is 25.2. The first-order valence-corrected chi connectivity index (χ1v) is 15.1. The number of nitrogens with zero attached hydrogens (tertiary/aromatic N) is 6. The lowest BCUT2D eigenvalue weighted by Crippen LogP contribution is -2.42. The van der Waals surface area contributed by atoms with Gasteiger partial charge in [0, 0.05) is 60.0 Å². The molecule has 0 spiro atoms. The van der Waals surface area contributed by atoms with Crippen molar-refractivity contribution < 1.29 is 17.9 Å². The Hall–Kier alpha value is -4.70. The maximum absolute atomic E-state index is 15.5. The molecule has 10 heteroatoms. The molecule has 0 aliphatic carbocycles. The van der Waals surface area contributed by atoms with Crippen molar-refractivity contribution in [2.75, 3.05) is 50.1 Å². The molecule has 4 heterocycles. The van der Waals surface area contributed by atoms with Crippen molar-refractivity contribution in [2.24, 2.45) is 0 Å². The molecule has 7 rings (SSSR count). The lowest BCUT2D eigenvalue weighted by atomic mass is 10.0. The minimum absolute atomic E-state index is 0.0322. The molecule has 230 valence electrons. The molecule has 2 aromatic heterocycles. The van der Waals surface area contributed by atoms with E-state index in [1.807, 2.05) is 35.2 Å². The van der Waals surface area contributed by atoms with Crippen LogP contribution in [0.3, 0.4) is 0 Å². The molecule has 2 aliphatic heterocycles. The molecular weight excluding hydrogens is 577 g/mol. The molecule has 0 N–H and O–H groups in total. The first kappa shape index (κ1) is 29.0. The van der Waals surface area contributed by atoms with E-state index < -0.39 is 11.6 Å². The molecule has 0 amide bonds. The van der Waals surface area contributed by atoms with Crippen molar-refractivity contribution >= 4 is 27.8 Å². The Labute approximate surface area is 259 Å². The van der Waals surface area contributed by atoms with Crippen LogP contribution < -0.4 is 14.5 Å². The summed E-state index contributed by atoms with van der Waals surface area (Å²) in [6, 6.07) is 16.3. The van der Waals surface area contributed by atoms with Crippen LogP contribution >= 0.6 is 0 Å². The number of pyridine rings is 1. The first-order chi connectivity index (χ1) is 21.9. The Kier molecular flexibility index (Phi) is 7.75. The average Bonchev–Trinajstić information content (AvgIpc) is 3.05. The largest absolute Gasteiger partial charge is 0.486 e. The van der Waals surface area contributed by atoms with Crippen molar-refractivity contribution in [1.29, 1.82) is 0 Å². The predicted molar refractivity (Wildman–Crippen MR) is 170 cm³/mol. The van der Waals surface area contributed by atoms with Crippen molar-refractivity contribution in [1.82, 2.24) is 19.9 Å². The highest BCUT2D eigenvalue weighted by Gasteiger charge is 2.27. The fourth-order valence-corrected chi connectivity index (χ4v) is 6.42. The van der Waals surface area contributed by atoms with Gasteiger partial charge in [0.25, 0.3) is 0 Å². The summed E-state index contributed by atoms with van der Waals surface area (Å²) < 4.78 is 51.7. The van der Waals surface area contributed by atoms with Gasteiger partial charge < -0.3 is 19.4 Å². The lowest BCUT2D eigenvalue weighted by molar-refractivity contribution is 0.249. The number of halogens is 3. The van der Waals surface area contributed by atoms with Crippen LogP contribution in [0.4, 0.5) is 30.2 Å². The van der Waals surface area contributed by atoms with Crippen LogP contribution in [0.2, 0.25) is 0 Å². The van der Waals surface area contributed by atoms with Gasteiger partial charge in [0.15, 0.2) is 17.4 Å². The average molecular weight is 611 g/mol. The summed E-state index contributed by atoms with van der Waals surface area (Å²) >= 11 is 0. The minimum Gasteiger partial charge on any atom is -0.486 e. The van der Waals surface area contributed by atoms with E-state index in [-0.39, 0.29) is 29.2 Å². The fraction of sp³-hybridized carbons (Fsp3) is 0.286. The summed E-state index contributed by atoms with van der Waals surface area (Å²) in [5.41, 5.74) is 2.82. The van der Waals surface area contributed by atoms with E-state index in [9.17, 15) is 0 Å². The zero-order chi connectivity index (χ0) is 31.1. The highest BCUT2D eigenvalue weighted by molar-refractivity contribution is 5.96. The number of aromatic nitrogens is 3. The number of ether oxygens (including phenoxy) is 1. The van der Waals surface area contributed by atoms with Gasteiger partial charge in [0.05, 0.1) is 24.1 Å². The molecule has 1 saturated heterocycles. The van der Waals surface area contributed by atoms with E-state index in [4.69, 9.17) is 4.74 Å². The molecule has 0 bridgehead atoms. The summed E-state index contributed by atoms with van der Waals surface area (Å²) in [7, 11) is 4.16. The summed E-state index contributed by atoms with van der Waals surface area (Å²) in [6.07, 6.45) is 6.73. The second-order valence-electron chi connectivity index (χ2n) is 11.8. The van der Waals surface area contributed by atoms with Gasteiger partial charge in [-0.2, -0.15) is 0 Å². The molecule has 0 atom stereocenters. The standard InChI is InChI=1S/C35H33F3N6O/c1-42(2)25-9-12-43(13-10-25)31-7-6-22(16-27(31)36)17-33-40-21-29(38)34(41-33)24-18-28(37)35-32(19-24)44(14-15-45-35)30-5-3-4-23-20-39-11-8-26(23)30/h3-8,11,16,18-21,25H,9-10,12-15,17H2,1-2H3. The van der Waals surface area contributed by atoms with E-state index in [1.165, 1.54) is 12.1 Å². The van der Waals surface area contributed by atoms with Crippen LogP contribution in [0, 0.1) is 17.5 Å². The van der Waals surface area contributed by atoms with Gasteiger partial charge in [-0.05, 0) is 68.9 Å². The highest BCUT2D eigenvalue weighted by Crippen LogP contribution is 2.43. The summed E-state index contributed by atoms with van der Waals surface area (Å²) in [5, 5.41) is 1.91. The maximum Gasteiger partial charge on any atom is 0.178 e. The molecule has 7 nitrogen and oxygen atoms in total. The molecule has 2 aliphatic rings.